The van der Waals surface area contributed by atoms with Gasteiger partial charge < -0.3 is 9.84 Å². The normalized spacial score (nSPS) is 13.8. The van der Waals surface area contributed by atoms with Crippen molar-refractivity contribution in [3.63, 3.8) is 0 Å². The maximum atomic E-state index is 9.28. The van der Waals surface area contributed by atoms with Gasteiger partial charge in [0, 0.05) is 12.7 Å². The van der Waals surface area contributed by atoms with Crippen LogP contribution in [0, 0.1) is 13.8 Å². The van der Waals surface area contributed by atoms with Crippen molar-refractivity contribution < 1.29 is 9.84 Å². The molecule has 1 aromatic carbocycles. The highest BCUT2D eigenvalue weighted by molar-refractivity contribution is 6.14. The summed E-state index contributed by atoms with van der Waals surface area (Å²) in [6, 6.07) is 6.20. The van der Waals surface area contributed by atoms with Crippen molar-refractivity contribution in [3.8, 4) is 0 Å². The molecule has 20 heavy (non-hydrogen) atoms. The molecule has 0 unspecified atom stereocenters. The van der Waals surface area contributed by atoms with Crippen LogP contribution in [0.1, 0.15) is 23.6 Å². The molecule has 0 aliphatic carbocycles. The number of allylic oxidation sites excluding steroid dienone is 3. The molecule has 1 N–H and O–H groups in total. The van der Waals surface area contributed by atoms with Crippen LogP contribution in [-0.2, 0) is 4.74 Å². The molecule has 0 radical (unpaired) electrons. The minimum absolute atomic E-state index is 0.159. The quantitative estimate of drug-likeness (QED) is 0.639. The molecule has 3 nitrogen and oxygen atoms in total. The maximum Gasteiger partial charge on any atom is 0.171 e. The minimum atomic E-state index is -0.577. The molecule has 1 atom stereocenters. The first kappa shape index (κ1) is 16.3. The third kappa shape index (κ3) is 4.15. The van der Waals surface area contributed by atoms with Gasteiger partial charge >= 0.3 is 0 Å². The predicted octanol–water partition coefficient (Wildman–Crippen LogP) is 3.19. The van der Waals surface area contributed by atoms with E-state index in [2.05, 4.69) is 29.8 Å². The van der Waals surface area contributed by atoms with Crippen molar-refractivity contribution in [3.05, 3.63) is 59.2 Å². The lowest BCUT2D eigenvalue weighted by atomic mass is 9.96. The van der Waals surface area contributed by atoms with E-state index in [1.165, 1.54) is 7.11 Å². The topological polar surface area (TPSA) is 41.8 Å². The summed E-state index contributed by atoms with van der Waals surface area (Å²) in [6.45, 7) is 9.91. The van der Waals surface area contributed by atoms with Crippen molar-refractivity contribution in [1.29, 1.82) is 0 Å². The van der Waals surface area contributed by atoms with Gasteiger partial charge in [0.15, 0.2) is 6.23 Å². The summed E-state index contributed by atoms with van der Waals surface area (Å²) in [7, 11) is 1.53. The number of ether oxygens (including phenoxy) is 1. The van der Waals surface area contributed by atoms with Crippen molar-refractivity contribution >= 4 is 5.71 Å². The SMILES string of the molecule is C=C(/C=C\C)C(=N[C@@H](CO)OC)c1cc(C)ccc1C. The Balaban J connectivity index is 3.37. The third-order valence-electron chi connectivity index (χ3n) is 3.02. The Morgan fingerprint density at radius 3 is 2.70 bits per heavy atom. The molecule has 0 heterocycles. The number of hydrogen-bond acceptors (Lipinski definition) is 3. The number of nitrogens with zero attached hydrogens (tertiary/aromatic N) is 1. The lowest BCUT2D eigenvalue weighted by molar-refractivity contribution is 0.0557. The molecule has 0 saturated heterocycles. The van der Waals surface area contributed by atoms with E-state index in [1.807, 2.05) is 32.9 Å². The number of aliphatic hydroxyl groups excluding tert-OH is 1. The van der Waals surface area contributed by atoms with Crippen LogP contribution in [0.3, 0.4) is 0 Å². The van der Waals surface area contributed by atoms with E-state index >= 15 is 0 Å². The Labute approximate surface area is 121 Å². The summed E-state index contributed by atoms with van der Waals surface area (Å²) < 4.78 is 5.15. The van der Waals surface area contributed by atoms with Crippen LogP contribution in [0.25, 0.3) is 0 Å². The molecule has 0 bridgehead atoms. The van der Waals surface area contributed by atoms with E-state index in [4.69, 9.17) is 4.74 Å². The zero-order chi connectivity index (χ0) is 15.1. The monoisotopic (exact) mass is 273 g/mol. The van der Waals surface area contributed by atoms with Gasteiger partial charge in [-0.25, -0.2) is 0 Å². The van der Waals surface area contributed by atoms with Gasteiger partial charge in [0.1, 0.15) is 0 Å². The Bertz CT molecular complexity index is 526. The second-order valence-electron chi connectivity index (χ2n) is 4.69. The van der Waals surface area contributed by atoms with E-state index in [0.717, 1.165) is 28.0 Å². The summed E-state index contributed by atoms with van der Waals surface area (Å²) in [6.07, 6.45) is 3.25. The molecule has 0 amide bonds. The Morgan fingerprint density at radius 1 is 1.45 bits per heavy atom. The van der Waals surface area contributed by atoms with Gasteiger partial charge in [0.05, 0.1) is 12.3 Å². The fraction of sp³-hybridized carbons (Fsp3) is 0.353. The summed E-state index contributed by atoms with van der Waals surface area (Å²) in [5.74, 6) is 0. The van der Waals surface area contributed by atoms with Gasteiger partial charge in [-0.15, -0.1) is 0 Å². The van der Waals surface area contributed by atoms with Crippen LogP contribution in [0.4, 0.5) is 0 Å². The lowest BCUT2D eigenvalue weighted by Crippen LogP contribution is -2.17. The first-order chi connectivity index (χ1) is 9.53. The summed E-state index contributed by atoms with van der Waals surface area (Å²) >= 11 is 0. The summed E-state index contributed by atoms with van der Waals surface area (Å²) in [4.78, 5) is 4.50. The van der Waals surface area contributed by atoms with Crippen molar-refractivity contribution in [2.75, 3.05) is 13.7 Å². The highest BCUT2D eigenvalue weighted by Crippen LogP contribution is 2.17. The van der Waals surface area contributed by atoms with Gasteiger partial charge in [-0.2, -0.15) is 0 Å². The third-order valence-corrected chi connectivity index (χ3v) is 3.02. The molecular weight excluding hydrogens is 250 g/mol. The first-order valence-electron chi connectivity index (χ1n) is 6.64. The Hall–Kier alpha value is -1.71. The second-order valence-corrected chi connectivity index (χ2v) is 4.69. The average molecular weight is 273 g/mol. The Morgan fingerprint density at radius 2 is 2.15 bits per heavy atom. The standard InChI is InChI=1S/C17H23NO2/c1-6-7-14(4)17(18-16(11-19)20-5)15-10-12(2)8-9-13(15)3/h6-10,16,19H,4,11H2,1-3,5H3/b7-6-,18-17?/t16-/m1/s1. The number of methoxy groups -OCH3 is 1. The molecule has 0 fully saturated rings. The molecule has 0 aromatic heterocycles. The van der Waals surface area contributed by atoms with E-state index in [-0.39, 0.29) is 6.61 Å². The molecule has 0 spiro atoms. The number of aliphatic hydroxyl groups is 1. The number of rotatable bonds is 6. The van der Waals surface area contributed by atoms with Gasteiger partial charge in [-0.05, 0) is 38.0 Å². The largest absolute Gasteiger partial charge is 0.392 e. The van der Waals surface area contributed by atoms with Crippen LogP contribution in [0.5, 0.6) is 0 Å². The van der Waals surface area contributed by atoms with Crippen LogP contribution < -0.4 is 0 Å². The number of aliphatic imine (C=N–C) groups is 1. The minimum Gasteiger partial charge on any atom is -0.392 e. The maximum absolute atomic E-state index is 9.28. The summed E-state index contributed by atoms with van der Waals surface area (Å²) in [5, 5.41) is 9.28. The van der Waals surface area contributed by atoms with Crippen molar-refractivity contribution in [2.45, 2.75) is 27.0 Å². The highest BCUT2D eigenvalue weighted by atomic mass is 16.5. The Kier molecular flexibility index (Phi) is 6.36. The van der Waals surface area contributed by atoms with Crippen LogP contribution in [0.2, 0.25) is 0 Å². The molecule has 0 saturated carbocycles. The molecule has 108 valence electrons. The summed E-state index contributed by atoms with van der Waals surface area (Å²) in [5.41, 5.74) is 4.85. The van der Waals surface area contributed by atoms with E-state index in [0.29, 0.717) is 0 Å². The number of benzene rings is 1. The molecule has 0 aliphatic rings. The van der Waals surface area contributed by atoms with Crippen LogP contribution in [0.15, 0.2) is 47.5 Å². The van der Waals surface area contributed by atoms with Gasteiger partial charge in [0.25, 0.3) is 0 Å². The predicted molar refractivity (Wildman–Crippen MR) is 84.3 cm³/mol. The van der Waals surface area contributed by atoms with Gasteiger partial charge in [0.2, 0.25) is 0 Å². The highest BCUT2D eigenvalue weighted by Gasteiger charge is 2.12. The van der Waals surface area contributed by atoms with Gasteiger partial charge in [-0.1, -0.05) is 36.4 Å². The zero-order valence-electron chi connectivity index (χ0n) is 12.7. The molecule has 0 aliphatic heterocycles. The smallest absolute Gasteiger partial charge is 0.171 e. The average Bonchev–Trinajstić information content (AvgIpc) is 2.43. The lowest BCUT2D eigenvalue weighted by Gasteiger charge is -2.15. The number of aryl methyl sites for hydroxylation is 2. The zero-order valence-corrected chi connectivity index (χ0v) is 12.7. The first-order valence-corrected chi connectivity index (χ1v) is 6.64. The van der Waals surface area contributed by atoms with E-state index in [1.54, 1.807) is 0 Å². The van der Waals surface area contributed by atoms with E-state index in [9.17, 15) is 5.11 Å². The second kappa shape index (κ2) is 7.78. The van der Waals surface area contributed by atoms with Crippen LogP contribution in [-0.4, -0.2) is 30.8 Å². The fourth-order valence-corrected chi connectivity index (χ4v) is 1.91. The van der Waals surface area contributed by atoms with E-state index < -0.39 is 6.23 Å². The molecule has 3 heteroatoms. The van der Waals surface area contributed by atoms with Gasteiger partial charge in [-0.3, -0.25) is 4.99 Å². The van der Waals surface area contributed by atoms with Crippen molar-refractivity contribution in [1.82, 2.24) is 0 Å². The molecule has 1 aromatic rings. The van der Waals surface area contributed by atoms with Crippen LogP contribution >= 0.6 is 0 Å². The fourth-order valence-electron chi connectivity index (χ4n) is 1.91. The van der Waals surface area contributed by atoms with Crippen molar-refractivity contribution in [2.24, 2.45) is 4.99 Å². The number of hydrogen-bond donors (Lipinski definition) is 1. The molecular formula is C17H23NO2. The molecule has 1 rings (SSSR count).